The number of aromatic nitrogens is 2. The highest BCUT2D eigenvalue weighted by Gasteiger charge is 2.17. The minimum absolute atomic E-state index is 0.0356. The number of para-hydroxylation sites is 1. The Kier molecular flexibility index (Phi) is 8.50. The maximum absolute atomic E-state index is 12.8. The van der Waals surface area contributed by atoms with E-state index in [9.17, 15) is 10.1 Å². The van der Waals surface area contributed by atoms with Crippen molar-refractivity contribution in [3.8, 4) is 28.8 Å². The van der Waals surface area contributed by atoms with Gasteiger partial charge in [-0.3, -0.25) is 9.69 Å². The maximum Gasteiger partial charge on any atom is 0.262 e. The number of rotatable bonds is 9. The van der Waals surface area contributed by atoms with Gasteiger partial charge in [-0.1, -0.05) is 18.2 Å². The molecule has 0 unspecified atom stereocenters. The Morgan fingerprint density at radius 2 is 2.00 bits per heavy atom. The molecule has 2 heterocycles. The topological polar surface area (TPSA) is 92.4 Å². The molecule has 1 fully saturated rings. The van der Waals surface area contributed by atoms with E-state index in [1.54, 1.807) is 10.8 Å². The first-order chi connectivity index (χ1) is 17.6. The number of morpholine rings is 1. The molecule has 1 saturated heterocycles. The molecule has 1 amide bonds. The van der Waals surface area contributed by atoms with Crippen molar-refractivity contribution in [2.75, 3.05) is 46.0 Å². The highest BCUT2D eigenvalue weighted by molar-refractivity contribution is 6.02. The predicted molar refractivity (Wildman–Crippen MR) is 139 cm³/mol. The summed E-state index contributed by atoms with van der Waals surface area (Å²) in [5.74, 6) is 0.422. The number of amides is 1. The van der Waals surface area contributed by atoms with E-state index >= 15 is 0 Å². The second-order valence-electron chi connectivity index (χ2n) is 8.51. The summed E-state index contributed by atoms with van der Waals surface area (Å²) >= 11 is 0. The molecule has 4 rings (SSSR count). The summed E-state index contributed by atoms with van der Waals surface area (Å²) in [6.07, 6.45) is 3.45. The van der Waals surface area contributed by atoms with Gasteiger partial charge in [0.1, 0.15) is 23.1 Å². The zero-order valence-corrected chi connectivity index (χ0v) is 20.7. The molecule has 0 radical (unpaired) electrons. The lowest BCUT2D eigenvalue weighted by atomic mass is 10.0. The summed E-state index contributed by atoms with van der Waals surface area (Å²) in [4.78, 5) is 15.1. The van der Waals surface area contributed by atoms with E-state index in [4.69, 9.17) is 14.6 Å². The summed E-state index contributed by atoms with van der Waals surface area (Å²) in [6, 6.07) is 17.7. The Hall–Kier alpha value is -3.93. The van der Waals surface area contributed by atoms with Gasteiger partial charge < -0.3 is 14.8 Å². The van der Waals surface area contributed by atoms with Crippen LogP contribution in [-0.4, -0.2) is 66.6 Å². The molecule has 2 aromatic carbocycles. The molecule has 3 aromatic rings. The monoisotopic (exact) mass is 485 g/mol. The Labute approximate surface area is 211 Å². The van der Waals surface area contributed by atoms with Crippen LogP contribution in [-0.2, 0) is 9.53 Å². The maximum atomic E-state index is 12.8. The average molecular weight is 486 g/mol. The number of hydrogen-bond acceptors (Lipinski definition) is 6. The molecule has 0 spiro atoms. The highest BCUT2D eigenvalue weighted by Crippen LogP contribution is 2.30. The Morgan fingerprint density at radius 1 is 1.22 bits per heavy atom. The number of hydrogen-bond donors (Lipinski definition) is 1. The predicted octanol–water partition coefficient (Wildman–Crippen LogP) is 3.60. The van der Waals surface area contributed by atoms with Gasteiger partial charge in [-0.15, -0.1) is 0 Å². The largest absolute Gasteiger partial charge is 0.494 e. The third kappa shape index (κ3) is 6.19. The number of carbonyl (C=O) groups excluding carboxylic acids is 1. The first kappa shape index (κ1) is 25.2. The fourth-order valence-electron chi connectivity index (χ4n) is 4.10. The minimum atomic E-state index is -0.396. The van der Waals surface area contributed by atoms with E-state index < -0.39 is 5.91 Å². The lowest BCUT2D eigenvalue weighted by Gasteiger charge is -2.26. The van der Waals surface area contributed by atoms with Crippen LogP contribution in [0.1, 0.15) is 18.1 Å². The standard InChI is InChI=1S/C28H31N5O3/c1-3-36-26-10-9-22(17-21(26)2)27-24(20-33(31-27)25-7-5-4-6-8-25)18-23(19-29)28(34)30-11-12-32-13-15-35-16-14-32/h4-10,17-18,20H,3,11-16H2,1-2H3,(H,30,34). The first-order valence-electron chi connectivity index (χ1n) is 12.2. The van der Waals surface area contributed by atoms with Gasteiger partial charge in [-0.05, 0) is 55.8 Å². The summed E-state index contributed by atoms with van der Waals surface area (Å²) in [5.41, 5.74) is 4.14. The van der Waals surface area contributed by atoms with Gasteiger partial charge in [-0.2, -0.15) is 10.4 Å². The van der Waals surface area contributed by atoms with E-state index in [1.165, 1.54) is 0 Å². The van der Waals surface area contributed by atoms with Gasteiger partial charge in [-0.25, -0.2) is 4.68 Å². The summed E-state index contributed by atoms with van der Waals surface area (Å²) in [7, 11) is 0. The fourth-order valence-corrected chi connectivity index (χ4v) is 4.10. The highest BCUT2D eigenvalue weighted by atomic mass is 16.5. The number of nitrogens with one attached hydrogen (secondary N) is 1. The Balaban J connectivity index is 1.61. The van der Waals surface area contributed by atoms with Gasteiger partial charge in [0.15, 0.2) is 0 Å². The first-order valence-corrected chi connectivity index (χ1v) is 12.2. The molecule has 0 aliphatic carbocycles. The number of aryl methyl sites for hydroxylation is 1. The van der Waals surface area contributed by atoms with Crippen LogP contribution in [0.2, 0.25) is 0 Å². The second-order valence-corrected chi connectivity index (χ2v) is 8.51. The normalized spacial score (nSPS) is 14.3. The van der Waals surface area contributed by atoms with Crippen molar-refractivity contribution in [3.63, 3.8) is 0 Å². The van der Waals surface area contributed by atoms with Crippen molar-refractivity contribution in [1.29, 1.82) is 5.26 Å². The molecule has 1 aromatic heterocycles. The van der Waals surface area contributed by atoms with Crippen LogP contribution >= 0.6 is 0 Å². The molecule has 8 nitrogen and oxygen atoms in total. The van der Waals surface area contributed by atoms with Gasteiger partial charge in [0.05, 0.1) is 25.5 Å². The van der Waals surface area contributed by atoms with Crippen molar-refractivity contribution in [1.82, 2.24) is 20.0 Å². The summed E-state index contributed by atoms with van der Waals surface area (Å²) in [6.45, 7) is 8.81. The molecule has 36 heavy (non-hydrogen) atoms. The molecular weight excluding hydrogens is 454 g/mol. The number of nitrogens with zero attached hydrogens (tertiary/aromatic N) is 4. The Morgan fingerprint density at radius 3 is 2.69 bits per heavy atom. The molecular formula is C28H31N5O3. The second kappa shape index (κ2) is 12.2. The molecule has 1 N–H and O–H groups in total. The molecule has 0 atom stereocenters. The third-order valence-corrected chi connectivity index (χ3v) is 5.99. The fraction of sp³-hybridized carbons (Fsp3) is 0.321. The van der Waals surface area contributed by atoms with Gasteiger partial charge in [0.2, 0.25) is 0 Å². The van der Waals surface area contributed by atoms with Crippen molar-refractivity contribution >= 4 is 12.0 Å². The molecule has 0 saturated carbocycles. The average Bonchev–Trinajstić information content (AvgIpc) is 3.33. The van der Waals surface area contributed by atoms with Crippen LogP contribution in [0, 0.1) is 18.3 Å². The van der Waals surface area contributed by atoms with Gasteiger partial charge in [0, 0.05) is 43.5 Å². The SMILES string of the molecule is CCOc1ccc(-c2nn(-c3ccccc3)cc2C=C(C#N)C(=O)NCCN2CCOCC2)cc1C. The van der Waals surface area contributed by atoms with Crippen molar-refractivity contribution < 1.29 is 14.3 Å². The summed E-state index contributed by atoms with van der Waals surface area (Å²) < 4.78 is 12.8. The molecule has 1 aliphatic rings. The zero-order valence-electron chi connectivity index (χ0n) is 20.7. The summed E-state index contributed by atoms with van der Waals surface area (Å²) in [5, 5.41) is 17.5. The molecule has 0 bridgehead atoms. The van der Waals surface area contributed by atoms with E-state index in [1.807, 2.05) is 68.6 Å². The number of carbonyl (C=O) groups is 1. The van der Waals surface area contributed by atoms with E-state index in [0.29, 0.717) is 37.6 Å². The lowest BCUT2D eigenvalue weighted by Crippen LogP contribution is -2.41. The number of nitriles is 1. The van der Waals surface area contributed by atoms with Crippen LogP contribution < -0.4 is 10.1 Å². The molecule has 1 aliphatic heterocycles. The number of benzene rings is 2. The smallest absolute Gasteiger partial charge is 0.262 e. The van der Waals surface area contributed by atoms with Crippen molar-refractivity contribution in [2.24, 2.45) is 0 Å². The van der Waals surface area contributed by atoms with Crippen LogP contribution in [0.15, 0.2) is 60.3 Å². The van der Waals surface area contributed by atoms with E-state index in [-0.39, 0.29) is 5.57 Å². The van der Waals surface area contributed by atoms with E-state index in [2.05, 4.69) is 16.3 Å². The van der Waals surface area contributed by atoms with Crippen molar-refractivity contribution in [3.05, 3.63) is 71.4 Å². The minimum Gasteiger partial charge on any atom is -0.494 e. The quantitative estimate of drug-likeness (QED) is 0.368. The number of ether oxygens (including phenoxy) is 2. The molecule has 186 valence electrons. The van der Waals surface area contributed by atoms with Crippen LogP contribution in [0.25, 0.3) is 23.0 Å². The van der Waals surface area contributed by atoms with Crippen LogP contribution in [0.3, 0.4) is 0 Å². The Bertz CT molecular complexity index is 1250. The van der Waals surface area contributed by atoms with Crippen LogP contribution in [0.4, 0.5) is 0 Å². The van der Waals surface area contributed by atoms with Gasteiger partial charge >= 0.3 is 0 Å². The van der Waals surface area contributed by atoms with E-state index in [0.717, 1.165) is 42.2 Å². The zero-order chi connectivity index (χ0) is 25.3. The third-order valence-electron chi connectivity index (χ3n) is 5.99. The van der Waals surface area contributed by atoms with Crippen molar-refractivity contribution in [2.45, 2.75) is 13.8 Å². The molecule has 8 heteroatoms. The van der Waals surface area contributed by atoms with Crippen LogP contribution in [0.5, 0.6) is 5.75 Å². The lowest BCUT2D eigenvalue weighted by molar-refractivity contribution is -0.117. The van der Waals surface area contributed by atoms with Gasteiger partial charge in [0.25, 0.3) is 5.91 Å².